The van der Waals surface area contributed by atoms with Crippen LogP contribution in [0.5, 0.6) is 0 Å². The Hall–Kier alpha value is -1.84. The summed E-state index contributed by atoms with van der Waals surface area (Å²) in [5, 5.41) is 1.06. The van der Waals surface area contributed by atoms with Crippen LogP contribution in [0.1, 0.15) is 28.3 Å². The molecule has 1 atom stereocenters. The molecule has 0 unspecified atom stereocenters. The number of benzene rings is 2. The minimum absolute atomic E-state index is 0.00858. The quantitative estimate of drug-likeness (QED) is 0.595. The van der Waals surface area contributed by atoms with E-state index in [1.807, 2.05) is 0 Å². The molecule has 0 heterocycles. The summed E-state index contributed by atoms with van der Waals surface area (Å²) in [6.07, 6.45) is 0.00858. The van der Waals surface area contributed by atoms with Crippen LogP contribution < -0.4 is 0 Å². The Balaban J connectivity index is 2.25. The average Bonchev–Trinajstić information content (AvgIpc) is 2.52. The van der Waals surface area contributed by atoms with Gasteiger partial charge in [-0.1, -0.05) is 35.3 Å². The van der Waals surface area contributed by atoms with Crippen molar-refractivity contribution in [2.24, 2.45) is 0 Å². The fourth-order valence-corrected chi connectivity index (χ4v) is 2.47. The van der Waals surface area contributed by atoms with Gasteiger partial charge in [0.1, 0.15) is 0 Å². The third kappa shape index (κ3) is 4.09. The Morgan fingerprint density at radius 1 is 1.05 bits per heavy atom. The first kappa shape index (κ1) is 16.5. The van der Waals surface area contributed by atoms with Gasteiger partial charge in [-0.2, -0.15) is 0 Å². The maximum Gasteiger partial charge on any atom is 0.313 e. The van der Waals surface area contributed by atoms with Gasteiger partial charge < -0.3 is 4.74 Å². The lowest BCUT2D eigenvalue weighted by molar-refractivity contribution is -0.142. The predicted molar refractivity (Wildman–Crippen MR) is 86.6 cm³/mol. The van der Waals surface area contributed by atoms with Gasteiger partial charge in [0.25, 0.3) is 0 Å². The van der Waals surface area contributed by atoms with Crippen molar-refractivity contribution in [3.63, 3.8) is 0 Å². The van der Waals surface area contributed by atoms with E-state index in [9.17, 15) is 9.59 Å². The Bertz CT molecular complexity index is 681. The molecule has 5 heteroatoms. The maximum atomic E-state index is 12.4. The Kier molecular flexibility index (Phi) is 5.58. The van der Waals surface area contributed by atoms with Crippen LogP contribution >= 0.6 is 23.2 Å². The van der Waals surface area contributed by atoms with Crippen LogP contribution in [0.2, 0.25) is 10.0 Å². The Labute approximate surface area is 138 Å². The molecular weight excluding hydrogens is 323 g/mol. The molecule has 0 aliphatic heterocycles. The molecule has 3 nitrogen and oxygen atoms in total. The van der Waals surface area contributed by atoms with Crippen molar-refractivity contribution in [3.05, 3.63) is 69.7 Å². The van der Waals surface area contributed by atoms with Crippen LogP contribution in [0, 0.1) is 0 Å². The van der Waals surface area contributed by atoms with Crippen molar-refractivity contribution in [1.82, 2.24) is 0 Å². The summed E-state index contributed by atoms with van der Waals surface area (Å²) >= 11 is 11.8. The first-order valence-electron chi connectivity index (χ1n) is 6.63. The topological polar surface area (TPSA) is 43.4 Å². The summed E-state index contributed by atoms with van der Waals surface area (Å²) in [5.41, 5.74) is 1.15. The highest BCUT2D eigenvalue weighted by Crippen LogP contribution is 2.26. The fraction of sp³-hybridized carbons (Fsp3) is 0.176. The van der Waals surface area contributed by atoms with Gasteiger partial charge in [-0.15, -0.1) is 0 Å². The zero-order chi connectivity index (χ0) is 16.1. The lowest BCUT2D eigenvalue weighted by atomic mass is 9.91. The second kappa shape index (κ2) is 7.43. The summed E-state index contributed by atoms with van der Waals surface area (Å²) in [4.78, 5) is 24.4. The van der Waals surface area contributed by atoms with Crippen LogP contribution in [0.25, 0.3) is 0 Å². The van der Waals surface area contributed by atoms with E-state index >= 15 is 0 Å². The van der Waals surface area contributed by atoms with E-state index in [4.69, 9.17) is 27.9 Å². The molecule has 0 aliphatic rings. The molecule has 0 saturated carbocycles. The lowest BCUT2D eigenvalue weighted by Gasteiger charge is -2.14. The largest absolute Gasteiger partial charge is 0.469 e. The zero-order valence-corrected chi connectivity index (χ0v) is 13.4. The number of halogens is 2. The lowest BCUT2D eigenvalue weighted by Crippen LogP contribution is -2.18. The third-order valence-electron chi connectivity index (χ3n) is 3.29. The number of ketones is 1. The summed E-state index contributed by atoms with van der Waals surface area (Å²) < 4.78 is 4.81. The third-order valence-corrected chi connectivity index (χ3v) is 3.78. The molecular formula is C17H14Cl2O3. The number of Topliss-reactive ketones (excluding diaryl/α,β-unsaturated/α-hetero) is 1. The number of esters is 1. The number of hydrogen-bond donors (Lipinski definition) is 0. The monoisotopic (exact) mass is 336 g/mol. The van der Waals surface area contributed by atoms with Gasteiger partial charge in [-0.25, -0.2) is 0 Å². The minimum Gasteiger partial charge on any atom is -0.469 e. The zero-order valence-electron chi connectivity index (χ0n) is 11.9. The highest BCUT2D eigenvalue weighted by Gasteiger charge is 2.25. The fourth-order valence-electron chi connectivity index (χ4n) is 2.14. The minimum atomic E-state index is -0.688. The van der Waals surface area contributed by atoms with Crippen molar-refractivity contribution in [3.8, 4) is 0 Å². The molecule has 2 rings (SSSR count). The molecule has 0 aliphatic carbocycles. The number of ether oxygens (including phenoxy) is 1. The highest BCUT2D eigenvalue weighted by atomic mass is 35.5. The van der Waals surface area contributed by atoms with Crippen LogP contribution in [-0.4, -0.2) is 18.9 Å². The van der Waals surface area contributed by atoms with E-state index < -0.39 is 11.9 Å². The van der Waals surface area contributed by atoms with Crippen LogP contribution in [-0.2, 0) is 9.53 Å². The van der Waals surface area contributed by atoms with Crippen LogP contribution in [0.4, 0.5) is 0 Å². The molecule has 0 radical (unpaired) electrons. The maximum absolute atomic E-state index is 12.4. The number of methoxy groups -OCH3 is 1. The standard InChI is InChI=1S/C17H14Cl2O3/c1-22-17(21)15(12-3-2-4-14(19)9-12)10-16(20)11-5-7-13(18)8-6-11/h2-9,15H,10H2,1H3/t15-/m0/s1. The van der Waals surface area contributed by atoms with Crippen molar-refractivity contribution in [2.45, 2.75) is 12.3 Å². The van der Waals surface area contributed by atoms with Gasteiger partial charge in [0, 0.05) is 22.0 Å². The smallest absolute Gasteiger partial charge is 0.313 e. The summed E-state index contributed by atoms with van der Waals surface area (Å²) in [6.45, 7) is 0. The van der Waals surface area contributed by atoms with E-state index in [2.05, 4.69) is 0 Å². The molecule has 114 valence electrons. The van der Waals surface area contributed by atoms with E-state index in [1.54, 1.807) is 48.5 Å². The molecule has 0 saturated heterocycles. The van der Waals surface area contributed by atoms with E-state index in [0.29, 0.717) is 21.2 Å². The van der Waals surface area contributed by atoms with Gasteiger partial charge >= 0.3 is 5.97 Å². The molecule has 0 fully saturated rings. The number of hydrogen-bond acceptors (Lipinski definition) is 3. The first-order chi connectivity index (χ1) is 10.5. The van der Waals surface area contributed by atoms with Crippen molar-refractivity contribution < 1.29 is 14.3 Å². The molecule has 22 heavy (non-hydrogen) atoms. The van der Waals surface area contributed by atoms with Crippen molar-refractivity contribution in [1.29, 1.82) is 0 Å². The van der Waals surface area contributed by atoms with Crippen molar-refractivity contribution >= 4 is 35.0 Å². The second-order valence-corrected chi connectivity index (χ2v) is 5.64. The van der Waals surface area contributed by atoms with E-state index in [1.165, 1.54) is 7.11 Å². The normalized spacial score (nSPS) is 11.8. The average molecular weight is 337 g/mol. The molecule has 0 bridgehead atoms. The van der Waals surface area contributed by atoms with Crippen LogP contribution in [0.15, 0.2) is 48.5 Å². The molecule has 2 aromatic rings. The summed E-state index contributed by atoms with van der Waals surface area (Å²) in [7, 11) is 1.30. The van der Waals surface area contributed by atoms with Crippen molar-refractivity contribution in [2.75, 3.05) is 7.11 Å². The molecule has 2 aromatic carbocycles. The number of carbonyl (C=O) groups excluding carboxylic acids is 2. The SMILES string of the molecule is COC(=O)[C@@H](CC(=O)c1ccc(Cl)cc1)c1cccc(Cl)c1. The van der Waals surface area contributed by atoms with Gasteiger partial charge in [0.15, 0.2) is 5.78 Å². The van der Waals surface area contributed by atoms with Gasteiger partial charge in [-0.3, -0.25) is 9.59 Å². The van der Waals surface area contributed by atoms with E-state index in [-0.39, 0.29) is 12.2 Å². The molecule has 0 spiro atoms. The van der Waals surface area contributed by atoms with Gasteiger partial charge in [-0.05, 0) is 42.0 Å². The van der Waals surface area contributed by atoms with E-state index in [0.717, 1.165) is 0 Å². The number of rotatable bonds is 5. The molecule has 0 amide bonds. The highest BCUT2D eigenvalue weighted by molar-refractivity contribution is 6.31. The van der Waals surface area contributed by atoms with Crippen LogP contribution in [0.3, 0.4) is 0 Å². The summed E-state index contributed by atoms with van der Waals surface area (Å²) in [5.74, 6) is -1.32. The number of carbonyl (C=O) groups is 2. The van der Waals surface area contributed by atoms with Gasteiger partial charge in [0.05, 0.1) is 13.0 Å². The first-order valence-corrected chi connectivity index (χ1v) is 7.39. The second-order valence-electron chi connectivity index (χ2n) is 4.76. The summed E-state index contributed by atoms with van der Waals surface area (Å²) in [6, 6.07) is 13.4. The Morgan fingerprint density at radius 3 is 2.32 bits per heavy atom. The molecule has 0 N–H and O–H groups in total. The molecule has 0 aromatic heterocycles. The van der Waals surface area contributed by atoms with Gasteiger partial charge in [0.2, 0.25) is 0 Å². The predicted octanol–water partition coefficient (Wildman–Crippen LogP) is 4.52. The Morgan fingerprint density at radius 2 is 1.73 bits per heavy atom.